The van der Waals surface area contributed by atoms with Gasteiger partial charge in [0.25, 0.3) is 5.89 Å². The van der Waals surface area contributed by atoms with E-state index in [-0.39, 0.29) is 0 Å². The highest BCUT2D eigenvalue weighted by Gasteiger charge is 2.19. The van der Waals surface area contributed by atoms with Crippen molar-refractivity contribution in [2.75, 3.05) is 13.1 Å². The molecule has 0 amide bonds. The fourth-order valence-corrected chi connectivity index (χ4v) is 2.10. The number of aromatic nitrogens is 5. The molecular weight excluding hydrogens is 232 g/mol. The first kappa shape index (κ1) is 11.3. The highest BCUT2D eigenvalue weighted by molar-refractivity contribution is 5.43. The molecule has 1 atom stereocenters. The lowest BCUT2D eigenvalue weighted by molar-refractivity contribution is 0.421. The molecule has 0 radical (unpaired) electrons. The van der Waals surface area contributed by atoms with Crippen LogP contribution >= 0.6 is 0 Å². The molecule has 1 unspecified atom stereocenters. The van der Waals surface area contributed by atoms with Crippen LogP contribution in [0.25, 0.3) is 11.6 Å². The topological polar surface area (TPSA) is 81.7 Å². The van der Waals surface area contributed by atoms with Gasteiger partial charge in [-0.15, -0.1) is 5.10 Å². The Balaban J connectivity index is 1.78. The van der Waals surface area contributed by atoms with Crippen LogP contribution in [0, 0.1) is 0 Å². The molecule has 7 heteroatoms. The second kappa shape index (κ2) is 4.85. The van der Waals surface area contributed by atoms with E-state index in [9.17, 15) is 0 Å². The van der Waals surface area contributed by atoms with Gasteiger partial charge in [0.2, 0.25) is 0 Å². The first-order valence-electron chi connectivity index (χ1n) is 6.32. The van der Waals surface area contributed by atoms with Crippen molar-refractivity contribution in [2.45, 2.75) is 32.2 Å². The molecule has 1 N–H and O–H groups in total. The molecular formula is C11H16N6O. The Labute approximate surface area is 105 Å². The van der Waals surface area contributed by atoms with Crippen LogP contribution in [0.4, 0.5) is 0 Å². The largest absolute Gasteiger partial charge is 0.332 e. The second-order valence-corrected chi connectivity index (χ2v) is 4.50. The molecule has 1 aliphatic rings. The van der Waals surface area contributed by atoms with Crippen LogP contribution in [0.15, 0.2) is 10.7 Å². The summed E-state index contributed by atoms with van der Waals surface area (Å²) < 4.78 is 7.06. The van der Waals surface area contributed by atoms with Gasteiger partial charge in [-0.05, 0) is 19.4 Å². The van der Waals surface area contributed by atoms with Gasteiger partial charge in [-0.1, -0.05) is 17.3 Å². The van der Waals surface area contributed by atoms with Crippen molar-refractivity contribution in [1.29, 1.82) is 0 Å². The van der Waals surface area contributed by atoms with E-state index in [0.717, 1.165) is 38.2 Å². The van der Waals surface area contributed by atoms with E-state index in [4.69, 9.17) is 4.52 Å². The molecule has 0 aliphatic carbocycles. The van der Waals surface area contributed by atoms with Gasteiger partial charge >= 0.3 is 0 Å². The summed E-state index contributed by atoms with van der Waals surface area (Å²) in [5.74, 6) is 1.18. The number of rotatable bonds is 4. The molecule has 2 aromatic rings. The highest BCUT2D eigenvalue weighted by Crippen LogP contribution is 2.18. The Hall–Kier alpha value is -1.76. The van der Waals surface area contributed by atoms with Crippen molar-refractivity contribution in [3.05, 3.63) is 12.0 Å². The van der Waals surface area contributed by atoms with Crippen molar-refractivity contribution in [1.82, 2.24) is 30.5 Å². The number of hydrogen-bond acceptors (Lipinski definition) is 6. The zero-order chi connectivity index (χ0) is 12.4. The Bertz CT molecular complexity index is 513. The maximum atomic E-state index is 5.19. The van der Waals surface area contributed by atoms with Gasteiger partial charge in [-0.2, -0.15) is 4.98 Å². The molecule has 18 heavy (non-hydrogen) atoms. The molecule has 0 saturated carbocycles. The number of nitrogens with zero attached hydrogens (tertiary/aromatic N) is 5. The molecule has 7 nitrogen and oxygen atoms in total. The van der Waals surface area contributed by atoms with Crippen molar-refractivity contribution in [3.8, 4) is 11.6 Å². The van der Waals surface area contributed by atoms with Gasteiger partial charge in [0, 0.05) is 13.0 Å². The fraction of sp³-hybridized carbons (Fsp3) is 0.636. The third kappa shape index (κ3) is 2.13. The van der Waals surface area contributed by atoms with E-state index in [1.807, 2.05) is 10.9 Å². The zero-order valence-corrected chi connectivity index (χ0v) is 10.3. The Morgan fingerprint density at radius 3 is 3.28 bits per heavy atom. The van der Waals surface area contributed by atoms with E-state index in [0.29, 0.717) is 17.6 Å². The van der Waals surface area contributed by atoms with Crippen LogP contribution in [-0.2, 0) is 6.42 Å². The van der Waals surface area contributed by atoms with Crippen LogP contribution in [-0.4, -0.2) is 38.2 Å². The van der Waals surface area contributed by atoms with Crippen molar-refractivity contribution in [2.24, 2.45) is 0 Å². The normalized spacial score (nSPS) is 19.5. The first-order chi connectivity index (χ1) is 8.86. The molecule has 0 aromatic carbocycles. The summed E-state index contributed by atoms with van der Waals surface area (Å²) in [5, 5.41) is 15.4. The molecule has 1 aliphatic heterocycles. The fourth-order valence-electron chi connectivity index (χ4n) is 2.10. The number of aryl methyl sites for hydroxylation is 1. The van der Waals surface area contributed by atoms with Crippen LogP contribution < -0.4 is 5.32 Å². The monoisotopic (exact) mass is 248 g/mol. The summed E-state index contributed by atoms with van der Waals surface area (Å²) >= 11 is 0. The highest BCUT2D eigenvalue weighted by atomic mass is 16.5. The Morgan fingerprint density at radius 2 is 2.50 bits per heavy atom. The average molecular weight is 248 g/mol. The van der Waals surface area contributed by atoms with E-state index >= 15 is 0 Å². The van der Waals surface area contributed by atoms with Crippen LogP contribution in [0.1, 0.15) is 31.6 Å². The molecule has 1 fully saturated rings. The predicted octanol–water partition coefficient (Wildman–Crippen LogP) is 0.815. The van der Waals surface area contributed by atoms with Gasteiger partial charge in [-0.25, -0.2) is 4.68 Å². The quantitative estimate of drug-likeness (QED) is 0.862. The van der Waals surface area contributed by atoms with Gasteiger partial charge in [-0.3, -0.25) is 0 Å². The third-order valence-corrected chi connectivity index (χ3v) is 3.08. The van der Waals surface area contributed by atoms with Crippen molar-refractivity contribution in [3.63, 3.8) is 0 Å². The van der Waals surface area contributed by atoms with Gasteiger partial charge in [0.15, 0.2) is 11.5 Å². The Kier molecular flexibility index (Phi) is 3.06. The van der Waals surface area contributed by atoms with Gasteiger partial charge < -0.3 is 9.84 Å². The third-order valence-electron chi connectivity index (χ3n) is 3.08. The minimum atomic E-state index is 0.379. The van der Waals surface area contributed by atoms with Crippen LogP contribution in [0.2, 0.25) is 0 Å². The predicted molar refractivity (Wildman–Crippen MR) is 63.8 cm³/mol. The van der Waals surface area contributed by atoms with E-state index in [1.165, 1.54) is 0 Å². The maximum Gasteiger partial charge on any atom is 0.280 e. The lowest BCUT2D eigenvalue weighted by Gasteiger charge is -2.05. The lowest BCUT2D eigenvalue weighted by Crippen LogP contribution is -2.13. The smallest absolute Gasteiger partial charge is 0.280 e. The molecule has 2 aromatic heterocycles. The minimum absolute atomic E-state index is 0.379. The molecule has 0 bridgehead atoms. The first-order valence-corrected chi connectivity index (χ1v) is 6.32. The summed E-state index contributed by atoms with van der Waals surface area (Å²) in [6.45, 7) is 4.05. The maximum absolute atomic E-state index is 5.19. The standard InChI is InChI=1S/C11H16N6O/c1-2-3-10-13-11(18-15-10)9-7-17(16-14-9)8-4-5-12-6-8/h7-8,12H,2-6H2,1H3. The molecule has 3 heterocycles. The Morgan fingerprint density at radius 1 is 1.56 bits per heavy atom. The van der Waals surface area contributed by atoms with Gasteiger partial charge in [0.1, 0.15) is 0 Å². The minimum Gasteiger partial charge on any atom is -0.332 e. The van der Waals surface area contributed by atoms with Crippen molar-refractivity contribution < 1.29 is 4.52 Å². The molecule has 96 valence electrons. The van der Waals surface area contributed by atoms with Crippen LogP contribution in [0.5, 0.6) is 0 Å². The summed E-state index contributed by atoms with van der Waals surface area (Å²) in [6, 6.07) is 0.379. The van der Waals surface area contributed by atoms with E-state index in [2.05, 4.69) is 32.7 Å². The molecule has 0 spiro atoms. The lowest BCUT2D eigenvalue weighted by atomic mass is 10.3. The summed E-state index contributed by atoms with van der Waals surface area (Å²) in [6.07, 6.45) is 4.78. The SMILES string of the molecule is CCCc1noc(-c2cn(C3CCNC3)nn2)n1. The van der Waals surface area contributed by atoms with Crippen LogP contribution in [0.3, 0.4) is 0 Å². The second-order valence-electron chi connectivity index (χ2n) is 4.50. The zero-order valence-electron chi connectivity index (χ0n) is 10.3. The summed E-state index contributed by atoms with van der Waals surface area (Å²) in [5.41, 5.74) is 0.650. The van der Waals surface area contributed by atoms with E-state index < -0.39 is 0 Å². The molecule has 1 saturated heterocycles. The summed E-state index contributed by atoms with van der Waals surface area (Å²) in [4.78, 5) is 4.30. The van der Waals surface area contributed by atoms with Gasteiger partial charge in [0.05, 0.1) is 12.2 Å². The number of hydrogen-bond donors (Lipinski definition) is 1. The van der Waals surface area contributed by atoms with Crippen molar-refractivity contribution >= 4 is 0 Å². The summed E-state index contributed by atoms with van der Waals surface area (Å²) in [7, 11) is 0. The average Bonchev–Trinajstić information content (AvgIpc) is 3.10. The number of nitrogens with one attached hydrogen (secondary N) is 1. The van der Waals surface area contributed by atoms with E-state index in [1.54, 1.807) is 0 Å². The molecule has 3 rings (SSSR count).